The van der Waals surface area contributed by atoms with Crippen LogP contribution in [0.3, 0.4) is 0 Å². The summed E-state index contributed by atoms with van der Waals surface area (Å²) in [6.45, 7) is 0. The van der Waals surface area contributed by atoms with Gasteiger partial charge in [-0.1, -0.05) is 29.8 Å². The molecule has 0 bridgehead atoms. The predicted molar refractivity (Wildman–Crippen MR) is 85.2 cm³/mol. The zero-order valence-corrected chi connectivity index (χ0v) is 14.1. The Hall–Kier alpha value is -0.910. The molecule has 0 aliphatic heterocycles. The lowest BCUT2D eigenvalue weighted by Gasteiger charge is -2.14. The lowest BCUT2D eigenvalue weighted by Crippen LogP contribution is -2.16. The Morgan fingerprint density at radius 3 is 2.65 bits per heavy atom. The van der Waals surface area contributed by atoms with Crippen molar-refractivity contribution in [2.45, 2.75) is 12.3 Å². The first kappa shape index (κ1) is 15.5. The van der Waals surface area contributed by atoms with Crippen molar-refractivity contribution in [2.75, 3.05) is 0 Å². The smallest absolute Gasteiger partial charge is 0.312 e. The highest BCUT2D eigenvalue weighted by atomic mass is 79.9. The Morgan fingerprint density at radius 1 is 1.35 bits per heavy atom. The third-order valence-electron chi connectivity index (χ3n) is 2.85. The molecule has 0 amide bonds. The van der Waals surface area contributed by atoms with Crippen molar-refractivity contribution in [3.8, 4) is 0 Å². The van der Waals surface area contributed by atoms with E-state index in [1.54, 1.807) is 18.3 Å². The van der Waals surface area contributed by atoms with Gasteiger partial charge in [-0.15, -0.1) is 0 Å². The van der Waals surface area contributed by atoms with E-state index in [4.69, 9.17) is 11.6 Å². The van der Waals surface area contributed by atoms with Crippen LogP contribution in [0.2, 0.25) is 5.02 Å². The van der Waals surface area contributed by atoms with Gasteiger partial charge in [-0.05, 0) is 56.0 Å². The van der Waals surface area contributed by atoms with E-state index in [9.17, 15) is 9.90 Å². The largest absolute Gasteiger partial charge is 0.481 e. The number of carboxylic acids is 1. The van der Waals surface area contributed by atoms with Gasteiger partial charge in [-0.2, -0.15) is 0 Å². The highest BCUT2D eigenvalue weighted by Gasteiger charge is 2.25. The number of hydrogen-bond acceptors (Lipinski definition) is 2. The van der Waals surface area contributed by atoms with Crippen molar-refractivity contribution < 1.29 is 9.90 Å². The molecule has 104 valence electrons. The van der Waals surface area contributed by atoms with Crippen molar-refractivity contribution >= 4 is 49.4 Å². The zero-order chi connectivity index (χ0) is 14.7. The number of nitrogens with zero attached hydrogens (tertiary/aromatic N) is 1. The van der Waals surface area contributed by atoms with Gasteiger partial charge >= 0.3 is 5.97 Å². The van der Waals surface area contributed by atoms with Crippen LogP contribution < -0.4 is 0 Å². The molecule has 1 N–H and O–H groups in total. The standard InChI is InChI=1S/C14H10Br2ClNO2/c15-9-6-11(16)13(18-7-9)10(14(19)20)5-8-3-1-2-4-12(8)17/h1-4,6-7,10H,5H2,(H,19,20). The van der Waals surface area contributed by atoms with Crippen LogP contribution in [0.4, 0.5) is 0 Å². The minimum Gasteiger partial charge on any atom is -0.481 e. The van der Waals surface area contributed by atoms with Crippen LogP contribution in [0.15, 0.2) is 45.5 Å². The highest BCUT2D eigenvalue weighted by molar-refractivity contribution is 9.11. The van der Waals surface area contributed by atoms with Crippen LogP contribution in [0.5, 0.6) is 0 Å². The molecule has 0 aliphatic carbocycles. The summed E-state index contributed by atoms with van der Waals surface area (Å²) >= 11 is 12.8. The first-order valence-corrected chi connectivity index (χ1v) is 7.72. The maximum atomic E-state index is 11.5. The molecule has 1 aromatic heterocycles. The van der Waals surface area contributed by atoms with Gasteiger partial charge in [0.25, 0.3) is 0 Å². The van der Waals surface area contributed by atoms with Gasteiger partial charge < -0.3 is 5.11 Å². The molecule has 0 aliphatic rings. The van der Waals surface area contributed by atoms with Crippen LogP contribution in [-0.4, -0.2) is 16.1 Å². The summed E-state index contributed by atoms with van der Waals surface area (Å²) in [5.41, 5.74) is 1.28. The second-order valence-corrected chi connectivity index (χ2v) is 6.38. The third kappa shape index (κ3) is 3.59. The van der Waals surface area contributed by atoms with Crippen LogP contribution in [-0.2, 0) is 11.2 Å². The number of pyridine rings is 1. The summed E-state index contributed by atoms with van der Waals surface area (Å²) < 4.78 is 1.45. The van der Waals surface area contributed by atoms with E-state index in [2.05, 4.69) is 36.8 Å². The van der Waals surface area contributed by atoms with Crippen molar-refractivity contribution in [3.63, 3.8) is 0 Å². The maximum absolute atomic E-state index is 11.5. The van der Waals surface area contributed by atoms with Crippen molar-refractivity contribution in [1.29, 1.82) is 0 Å². The number of carbonyl (C=O) groups is 1. The molecular weight excluding hydrogens is 409 g/mol. The number of halogens is 3. The van der Waals surface area contributed by atoms with Gasteiger partial charge in [0.2, 0.25) is 0 Å². The van der Waals surface area contributed by atoms with Gasteiger partial charge in [-0.3, -0.25) is 9.78 Å². The Morgan fingerprint density at radius 2 is 2.05 bits per heavy atom. The van der Waals surface area contributed by atoms with E-state index < -0.39 is 11.9 Å². The Kier molecular flexibility index (Phi) is 5.18. The van der Waals surface area contributed by atoms with E-state index in [0.717, 1.165) is 10.0 Å². The van der Waals surface area contributed by atoms with Crippen molar-refractivity contribution in [1.82, 2.24) is 4.98 Å². The van der Waals surface area contributed by atoms with Gasteiger partial charge in [0, 0.05) is 20.2 Å². The molecule has 2 aromatic rings. The molecule has 6 heteroatoms. The molecule has 0 spiro atoms. The monoisotopic (exact) mass is 417 g/mol. The molecule has 1 heterocycles. The normalized spacial score (nSPS) is 12.2. The summed E-state index contributed by atoms with van der Waals surface area (Å²) in [6.07, 6.45) is 1.88. The number of aromatic nitrogens is 1. The topological polar surface area (TPSA) is 50.2 Å². The number of aliphatic carboxylic acids is 1. The van der Waals surface area contributed by atoms with E-state index in [0.29, 0.717) is 21.6 Å². The van der Waals surface area contributed by atoms with E-state index in [1.165, 1.54) is 0 Å². The second kappa shape index (κ2) is 6.70. The number of benzene rings is 1. The molecule has 1 atom stereocenters. The summed E-state index contributed by atoms with van der Waals surface area (Å²) in [6, 6.07) is 9.01. The van der Waals surface area contributed by atoms with Crippen LogP contribution in [0, 0.1) is 0 Å². The molecule has 2 rings (SSSR count). The van der Waals surface area contributed by atoms with Gasteiger partial charge in [0.05, 0.1) is 5.69 Å². The van der Waals surface area contributed by atoms with Gasteiger partial charge in [-0.25, -0.2) is 0 Å². The lowest BCUT2D eigenvalue weighted by molar-refractivity contribution is -0.138. The average Bonchev–Trinajstić information content (AvgIpc) is 2.38. The number of rotatable bonds is 4. The lowest BCUT2D eigenvalue weighted by atomic mass is 9.96. The Balaban J connectivity index is 2.37. The molecule has 0 fully saturated rings. The Labute approximate surface area is 138 Å². The van der Waals surface area contributed by atoms with Crippen molar-refractivity contribution in [2.24, 2.45) is 0 Å². The highest BCUT2D eigenvalue weighted by Crippen LogP contribution is 2.30. The fraction of sp³-hybridized carbons (Fsp3) is 0.143. The summed E-state index contributed by atoms with van der Waals surface area (Å²) in [4.78, 5) is 15.7. The molecule has 0 saturated carbocycles. The van der Waals surface area contributed by atoms with Gasteiger partial charge in [0.1, 0.15) is 5.92 Å². The van der Waals surface area contributed by atoms with Crippen LogP contribution >= 0.6 is 43.5 Å². The average molecular weight is 420 g/mol. The summed E-state index contributed by atoms with van der Waals surface area (Å²) in [5.74, 6) is -1.68. The molecule has 20 heavy (non-hydrogen) atoms. The Bertz CT molecular complexity index is 649. The SMILES string of the molecule is O=C(O)C(Cc1ccccc1Cl)c1ncc(Br)cc1Br. The van der Waals surface area contributed by atoms with Crippen LogP contribution in [0.1, 0.15) is 17.2 Å². The summed E-state index contributed by atoms with van der Waals surface area (Å²) in [5, 5.41) is 10.0. The molecule has 3 nitrogen and oxygen atoms in total. The minimum absolute atomic E-state index is 0.294. The maximum Gasteiger partial charge on any atom is 0.312 e. The predicted octanol–water partition coefficient (Wildman–Crippen LogP) is 4.67. The quantitative estimate of drug-likeness (QED) is 0.784. The van der Waals surface area contributed by atoms with E-state index in [-0.39, 0.29) is 0 Å². The second-order valence-electron chi connectivity index (χ2n) is 4.21. The number of carboxylic acid groups (broad SMARTS) is 1. The number of hydrogen-bond donors (Lipinski definition) is 1. The van der Waals surface area contributed by atoms with E-state index in [1.807, 2.05) is 18.2 Å². The fourth-order valence-electron chi connectivity index (χ4n) is 1.87. The summed E-state index contributed by atoms with van der Waals surface area (Å²) in [7, 11) is 0. The zero-order valence-electron chi connectivity index (χ0n) is 10.2. The van der Waals surface area contributed by atoms with E-state index >= 15 is 0 Å². The van der Waals surface area contributed by atoms with Gasteiger partial charge in [0.15, 0.2) is 0 Å². The molecular formula is C14H10Br2ClNO2. The molecule has 1 aromatic carbocycles. The fourth-order valence-corrected chi connectivity index (χ4v) is 3.34. The van der Waals surface area contributed by atoms with Crippen molar-refractivity contribution in [3.05, 3.63) is 61.8 Å². The molecule has 0 radical (unpaired) electrons. The first-order valence-electron chi connectivity index (χ1n) is 5.76. The minimum atomic E-state index is -0.930. The third-order valence-corrected chi connectivity index (χ3v) is 4.28. The first-order chi connectivity index (χ1) is 9.49. The molecule has 1 unspecified atom stereocenters. The van der Waals surface area contributed by atoms with Crippen LogP contribution in [0.25, 0.3) is 0 Å². The molecule has 0 saturated heterocycles.